The normalized spacial score (nSPS) is 10.9. The van der Waals surface area contributed by atoms with Crippen molar-refractivity contribution in [3.8, 4) is 23.0 Å². The number of methoxy groups -OCH3 is 2. The lowest BCUT2D eigenvalue weighted by molar-refractivity contribution is -0.125. The molecule has 0 aromatic heterocycles. The van der Waals surface area contributed by atoms with E-state index in [0.29, 0.717) is 23.6 Å². The summed E-state index contributed by atoms with van der Waals surface area (Å²) in [4.78, 5) is 14.0. The van der Waals surface area contributed by atoms with Crippen molar-refractivity contribution in [1.82, 2.24) is 4.90 Å². The van der Waals surface area contributed by atoms with Gasteiger partial charge in [-0.2, -0.15) is 8.78 Å². The predicted molar refractivity (Wildman–Crippen MR) is 109 cm³/mol. The van der Waals surface area contributed by atoms with E-state index in [0.717, 1.165) is 5.56 Å². The molecular formula is C22H25F2NO5. The van der Waals surface area contributed by atoms with Crippen LogP contribution in [0, 0.1) is 0 Å². The van der Waals surface area contributed by atoms with Crippen LogP contribution in [0.2, 0.25) is 0 Å². The van der Waals surface area contributed by atoms with Crippen LogP contribution in [0.3, 0.4) is 0 Å². The lowest BCUT2D eigenvalue weighted by atomic mass is 10.1. The minimum absolute atomic E-state index is 0.0578. The van der Waals surface area contributed by atoms with Crippen LogP contribution in [0.5, 0.6) is 23.0 Å². The summed E-state index contributed by atoms with van der Waals surface area (Å²) < 4.78 is 45.5. The molecule has 0 saturated heterocycles. The summed E-state index contributed by atoms with van der Waals surface area (Å²) in [6.07, 6.45) is 2.97. The maximum Gasteiger partial charge on any atom is 0.387 e. The van der Waals surface area contributed by atoms with Gasteiger partial charge in [-0.05, 0) is 36.8 Å². The zero-order valence-electron chi connectivity index (χ0n) is 17.4. The van der Waals surface area contributed by atoms with E-state index in [9.17, 15) is 13.6 Å². The number of rotatable bonds is 10. The topological polar surface area (TPSA) is 57.2 Å². The third kappa shape index (κ3) is 6.10. The smallest absolute Gasteiger partial charge is 0.387 e. The molecule has 8 heteroatoms. The highest BCUT2D eigenvalue weighted by Gasteiger charge is 2.14. The van der Waals surface area contributed by atoms with Gasteiger partial charge >= 0.3 is 6.61 Å². The standard InChI is InChI=1S/C22H25F2NO5/c1-5-29-19-13-15(9-11-17(19)30-22(23)24)10-12-20(26)25(2)14-16-7-6-8-18(27-3)21(16)28-4/h6-13,22H,5,14H2,1-4H3/b12-10-. The number of hydrogen-bond donors (Lipinski definition) is 0. The fourth-order valence-corrected chi connectivity index (χ4v) is 2.80. The summed E-state index contributed by atoms with van der Waals surface area (Å²) in [6.45, 7) is -0.611. The molecule has 162 valence electrons. The lowest BCUT2D eigenvalue weighted by Crippen LogP contribution is -2.24. The van der Waals surface area contributed by atoms with Gasteiger partial charge in [0.1, 0.15) is 0 Å². The van der Waals surface area contributed by atoms with Crippen molar-refractivity contribution in [2.75, 3.05) is 27.9 Å². The first-order valence-electron chi connectivity index (χ1n) is 9.24. The molecule has 1 amide bonds. The number of carbonyl (C=O) groups excluding carboxylic acids is 1. The molecule has 2 aromatic carbocycles. The van der Waals surface area contributed by atoms with E-state index in [4.69, 9.17) is 14.2 Å². The average Bonchev–Trinajstić information content (AvgIpc) is 2.73. The second kappa shape index (κ2) is 11.0. The second-order valence-corrected chi connectivity index (χ2v) is 6.20. The molecule has 2 aromatic rings. The number of nitrogens with zero attached hydrogens (tertiary/aromatic N) is 1. The van der Waals surface area contributed by atoms with Crippen molar-refractivity contribution >= 4 is 12.0 Å². The first kappa shape index (κ1) is 23.0. The minimum atomic E-state index is -2.95. The fraction of sp³-hybridized carbons (Fsp3) is 0.318. The molecule has 0 aliphatic heterocycles. The Bertz CT molecular complexity index is 886. The summed E-state index contributed by atoms with van der Waals surface area (Å²) in [5, 5.41) is 0. The molecule has 0 heterocycles. The Kier molecular flexibility index (Phi) is 8.46. The zero-order valence-corrected chi connectivity index (χ0v) is 17.4. The van der Waals surface area contributed by atoms with Crippen LogP contribution < -0.4 is 18.9 Å². The number of carbonyl (C=O) groups is 1. The Morgan fingerprint density at radius 2 is 1.87 bits per heavy atom. The molecule has 0 aliphatic carbocycles. The van der Waals surface area contributed by atoms with Crippen LogP contribution in [-0.2, 0) is 11.3 Å². The molecule has 0 radical (unpaired) electrons. The van der Waals surface area contributed by atoms with Crippen LogP contribution in [0.1, 0.15) is 18.1 Å². The number of likely N-dealkylation sites (N-methyl/N-ethyl adjacent to an activating group) is 1. The summed E-state index contributed by atoms with van der Waals surface area (Å²) in [7, 11) is 4.75. The number of alkyl halides is 2. The SMILES string of the molecule is CCOc1cc(/C=C\C(=O)N(C)Cc2cccc(OC)c2OC)ccc1OC(F)F. The van der Waals surface area contributed by atoms with E-state index >= 15 is 0 Å². The maximum atomic E-state index is 12.5. The molecule has 0 aliphatic rings. The highest BCUT2D eigenvalue weighted by atomic mass is 19.3. The van der Waals surface area contributed by atoms with Gasteiger partial charge in [-0.3, -0.25) is 4.79 Å². The molecule has 6 nitrogen and oxygen atoms in total. The molecule has 0 bridgehead atoms. The summed E-state index contributed by atoms with van der Waals surface area (Å²) >= 11 is 0. The predicted octanol–water partition coefficient (Wildman–Crippen LogP) is 4.38. The van der Waals surface area contributed by atoms with Crippen LogP contribution in [0.15, 0.2) is 42.5 Å². The average molecular weight is 421 g/mol. The van der Waals surface area contributed by atoms with Crippen LogP contribution in [0.25, 0.3) is 6.08 Å². The second-order valence-electron chi connectivity index (χ2n) is 6.20. The Morgan fingerprint density at radius 3 is 2.50 bits per heavy atom. The Labute approximate surface area is 174 Å². The Hall–Kier alpha value is -3.29. The van der Waals surface area contributed by atoms with Gasteiger partial charge in [0.25, 0.3) is 0 Å². The fourth-order valence-electron chi connectivity index (χ4n) is 2.80. The molecule has 0 fully saturated rings. The number of para-hydroxylation sites is 1. The van der Waals surface area contributed by atoms with Gasteiger partial charge in [-0.1, -0.05) is 18.2 Å². The molecule has 0 spiro atoms. The number of amides is 1. The number of benzene rings is 2. The highest BCUT2D eigenvalue weighted by molar-refractivity contribution is 5.91. The number of ether oxygens (including phenoxy) is 4. The van der Waals surface area contributed by atoms with E-state index in [1.807, 2.05) is 12.1 Å². The lowest BCUT2D eigenvalue weighted by Gasteiger charge is -2.18. The van der Waals surface area contributed by atoms with Crippen molar-refractivity contribution in [3.63, 3.8) is 0 Å². The van der Waals surface area contributed by atoms with Crippen molar-refractivity contribution in [2.45, 2.75) is 20.1 Å². The summed E-state index contributed by atoms with van der Waals surface area (Å²) in [5.74, 6) is 1.03. The molecule has 0 unspecified atom stereocenters. The van der Waals surface area contributed by atoms with E-state index in [1.165, 1.54) is 23.1 Å². The molecule has 30 heavy (non-hydrogen) atoms. The van der Waals surface area contributed by atoms with Crippen molar-refractivity contribution in [3.05, 3.63) is 53.6 Å². The van der Waals surface area contributed by atoms with Crippen LogP contribution in [0.4, 0.5) is 8.78 Å². The van der Waals surface area contributed by atoms with Gasteiger partial charge in [0.15, 0.2) is 23.0 Å². The third-order valence-electron chi connectivity index (χ3n) is 4.17. The van der Waals surface area contributed by atoms with Gasteiger partial charge in [0.05, 0.1) is 20.8 Å². The minimum Gasteiger partial charge on any atom is -0.493 e. The monoisotopic (exact) mass is 421 g/mol. The Balaban J connectivity index is 2.12. The summed E-state index contributed by atoms with van der Waals surface area (Å²) in [6, 6.07) is 9.94. The van der Waals surface area contributed by atoms with E-state index in [2.05, 4.69) is 4.74 Å². The largest absolute Gasteiger partial charge is 0.493 e. The van der Waals surface area contributed by atoms with Gasteiger partial charge in [-0.25, -0.2) is 0 Å². The van der Waals surface area contributed by atoms with Crippen molar-refractivity contribution in [1.29, 1.82) is 0 Å². The van der Waals surface area contributed by atoms with Gasteiger partial charge < -0.3 is 23.8 Å². The summed E-state index contributed by atoms with van der Waals surface area (Å²) in [5.41, 5.74) is 1.41. The first-order valence-corrected chi connectivity index (χ1v) is 9.24. The molecule has 2 rings (SSSR count). The van der Waals surface area contributed by atoms with E-state index < -0.39 is 6.61 Å². The molecule has 0 saturated carbocycles. The maximum absolute atomic E-state index is 12.5. The zero-order chi connectivity index (χ0) is 22.1. The quantitative estimate of drug-likeness (QED) is 0.533. The highest BCUT2D eigenvalue weighted by Crippen LogP contribution is 2.32. The van der Waals surface area contributed by atoms with Crippen LogP contribution >= 0.6 is 0 Å². The Morgan fingerprint density at radius 1 is 1.10 bits per heavy atom. The van der Waals surface area contributed by atoms with Crippen molar-refractivity contribution in [2.24, 2.45) is 0 Å². The number of hydrogen-bond acceptors (Lipinski definition) is 5. The van der Waals surface area contributed by atoms with Gasteiger partial charge in [0.2, 0.25) is 5.91 Å². The first-order chi connectivity index (χ1) is 14.4. The number of halogens is 2. The van der Waals surface area contributed by atoms with E-state index in [-0.39, 0.29) is 24.0 Å². The molecule has 0 atom stereocenters. The van der Waals surface area contributed by atoms with Gasteiger partial charge in [-0.15, -0.1) is 0 Å². The van der Waals surface area contributed by atoms with Crippen LogP contribution in [-0.4, -0.2) is 45.3 Å². The van der Waals surface area contributed by atoms with Gasteiger partial charge in [0, 0.05) is 25.2 Å². The third-order valence-corrected chi connectivity index (χ3v) is 4.17. The molecular weight excluding hydrogens is 396 g/mol. The molecule has 0 N–H and O–H groups in total. The van der Waals surface area contributed by atoms with Crippen molar-refractivity contribution < 1.29 is 32.5 Å². The van der Waals surface area contributed by atoms with E-state index in [1.54, 1.807) is 46.4 Å².